The molecule has 1 fully saturated rings. The summed E-state index contributed by atoms with van der Waals surface area (Å²) in [5.74, 6) is -0.420. The lowest BCUT2D eigenvalue weighted by Gasteiger charge is -2.40. The molecule has 1 aliphatic heterocycles. The maximum atomic E-state index is 12.7. The molecule has 1 unspecified atom stereocenters. The predicted molar refractivity (Wildman–Crippen MR) is 67.1 cm³/mol. The van der Waals surface area contributed by atoms with Crippen molar-refractivity contribution in [3.05, 3.63) is 0 Å². The van der Waals surface area contributed by atoms with E-state index < -0.39 is 36.6 Å². The number of esters is 1. The van der Waals surface area contributed by atoms with Crippen LogP contribution in [0.25, 0.3) is 0 Å². The second kappa shape index (κ2) is 6.76. The summed E-state index contributed by atoms with van der Waals surface area (Å²) in [5, 5.41) is 9.55. The molecular weight excluding hydrogens is 275 g/mol. The van der Waals surface area contributed by atoms with Gasteiger partial charge in [-0.05, 0) is 26.2 Å². The minimum atomic E-state index is -4.62. The number of hydrogen-bond acceptors (Lipinski definition) is 4. The van der Waals surface area contributed by atoms with Gasteiger partial charge >= 0.3 is 12.1 Å². The Morgan fingerprint density at radius 3 is 2.40 bits per heavy atom. The molecule has 0 aromatic carbocycles. The maximum Gasteiger partial charge on any atom is 0.417 e. The molecule has 7 heteroatoms. The summed E-state index contributed by atoms with van der Waals surface area (Å²) in [6.45, 7) is 3.98. The van der Waals surface area contributed by atoms with E-state index in [1.165, 1.54) is 0 Å². The van der Waals surface area contributed by atoms with E-state index in [0.29, 0.717) is 6.61 Å². The summed E-state index contributed by atoms with van der Waals surface area (Å²) < 4.78 is 43.0. The molecule has 20 heavy (non-hydrogen) atoms. The second-order valence-electron chi connectivity index (χ2n) is 5.26. The molecule has 0 amide bonds. The van der Waals surface area contributed by atoms with Gasteiger partial charge in [-0.3, -0.25) is 9.69 Å². The van der Waals surface area contributed by atoms with Crippen molar-refractivity contribution in [1.82, 2.24) is 4.90 Å². The van der Waals surface area contributed by atoms with Crippen molar-refractivity contribution in [2.24, 2.45) is 0 Å². The zero-order valence-corrected chi connectivity index (χ0v) is 11.9. The quantitative estimate of drug-likeness (QED) is 0.624. The lowest BCUT2D eigenvalue weighted by molar-refractivity contribution is -0.273. The molecule has 0 spiro atoms. The number of piperidine rings is 1. The molecule has 118 valence electrons. The lowest BCUT2D eigenvalue weighted by atomic mass is 9.90. The minimum absolute atomic E-state index is 0.0278. The Bertz CT molecular complexity index is 325. The van der Waals surface area contributed by atoms with Crippen LogP contribution in [0.15, 0.2) is 0 Å². The van der Waals surface area contributed by atoms with E-state index in [1.54, 1.807) is 11.8 Å². The number of aliphatic hydroxyl groups is 1. The third kappa shape index (κ3) is 4.09. The number of halogens is 3. The highest BCUT2D eigenvalue weighted by Gasteiger charge is 2.55. The number of carbonyl (C=O) groups is 1. The molecule has 0 aliphatic carbocycles. The zero-order valence-electron chi connectivity index (χ0n) is 11.9. The van der Waals surface area contributed by atoms with Crippen molar-refractivity contribution in [3.8, 4) is 0 Å². The summed E-state index contributed by atoms with van der Waals surface area (Å²) in [6, 6.07) is -0.579. The van der Waals surface area contributed by atoms with Crippen molar-refractivity contribution in [2.45, 2.75) is 57.3 Å². The van der Waals surface area contributed by atoms with Gasteiger partial charge in [-0.25, -0.2) is 0 Å². The van der Waals surface area contributed by atoms with Gasteiger partial charge in [-0.2, -0.15) is 13.2 Å². The number of rotatable bonds is 5. The van der Waals surface area contributed by atoms with Gasteiger partial charge in [0.15, 0.2) is 5.60 Å². The number of nitrogens with zero attached hydrogens (tertiary/aromatic N) is 1. The van der Waals surface area contributed by atoms with Crippen LogP contribution in [-0.2, 0) is 9.53 Å². The molecule has 0 aromatic heterocycles. The number of ether oxygens (including phenoxy) is 1. The van der Waals surface area contributed by atoms with E-state index in [-0.39, 0.29) is 13.1 Å². The number of carbonyl (C=O) groups excluding carboxylic acids is 1. The van der Waals surface area contributed by atoms with Crippen molar-refractivity contribution in [3.63, 3.8) is 0 Å². The van der Waals surface area contributed by atoms with Crippen LogP contribution in [-0.4, -0.2) is 53.5 Å². The molecule has 0 radical (unpaired) electrons. The zero-order chi connectivity index (χ0) is 15.4. The maximum absolute atomic E-state index is 12.7. The Hall–Kier alpha value is -0.820. The van der Waals surface area contributed by atoms with Crippen molar-refractivity contribution in [2.75, 3.05) is 19.7 Å². The average molecular weight is 297 g/mol. The number of unbranched alkanes of at least 4 members (excludes halogenated alkanes) is 1. The Labute approximate surface area is 116 Å². The predicted octanol–water partition coefficient (Wildman–Crippen LogP) is 2.11. The Kier molecular flexibility index (Phi) is 5.82. The van der Waals surface area contributed by atoms with Crippen LogP contribution in [0, 0.1) is 0 Å². The molecular formula is C13H22F3NO3. The number of likely N-dealkylation sites (tertiary alicyclic amines) is 1. The van der Waals surface area contributed by atoms with Crippen LogP contribution in [0.2, 0.25) is 0 Å². The molecule has 1 N–H and O–H groups in total. The van der Waals surface area contributed by atoms with Gasteiger partial charge in [-0.1, -0.05) is 13.3 Å². The molecule has 1 aliphatic rings. The van der Waals surface area contributed by atoms with Crippen molar-refractivity contribution >= 4 is 5.97 Å². The fraction of sp³-hybridized carbons (Fsp3) is 0.923. The first-order chi connectivity index (χ1) is 9.21. The van der Waals surface area contributed by atoms with Crippen LogP contribution < -0.4 is 0 Å². The molecule has 4 nitrogen and oxygen atoms in total. The molecule has 1 heterocycles. The van der Waals surface area contributed by atoms with Crippen LogP contribution in [0.1, 0.15) is 39.5 Å². The van der Waals surface area contributed by atoms with Gasteiger partial charge in [0.1, 0.15) is 6.04 Å². The molecule has 0 saturated carbocycles. The summed E-state index contributed by atoms with van der Waals surface area (Å²) in [4.78, 5) is 13.3. The third-order valence-corrected chi connectivity index (χ3v) is 3.78. The standard InChI is InChI=1S/C13H22F3NO3/c1-3-4-9-20-11(18)10(2)17-7-5-12(19,6-8-17)13(14,15)16/h10,19H,3-9H2,1-2H3. The first kappa shape index (κ1) is 17.2. The fourth-order valence-corrected chi connectivity index (χ4v) is 2.15. The summed E-state index contributed by atoms with van der Waals surface area (Å²) >= 11 is 0. The molecule has 1 saturated heterocycles. The lowest BCUT2D eigenvalue weighted by Crippen LogP contribution is -2.56. The van der Waals surface area contributed by atoms with Crippen LogP contribution in [0.4, 0.5) is 13.2 Å². The highest BCUT2D eigenvalue weighted by Crippen LogP contribution is 2.38. The molecule has 1 rings (SSSR count). The molecule has 0 aromatic rings. The average Bonchev–Trinajstić information content (AvgIpc) is 2.37. The monoisotopic (exact) mass is 297 g/mol. The van der Waals surface area contributed by atoms with Crippen molar-refractivity contribution in [1.29, 1.82) is 0 Å². The topological polar surface area (TPSA) is 49.8 Å². The second-order valence-corrected chi connectivity index (χ2v) is 5.26. The summed E-state index contributed by atoms with van der Waals surface area (Å²) in [7, 11) is 0. The number of alkyl halides is 3. The van der Waals surface area contributed by atoms with Gasteiger partial charge in [-0.15, -0.1) is 0 Å². The highest BCUT2D eigenvalue weighted by atomic mass is 19.4. The Balaban J connectivity index is 2.46. The van der Waals surface area contributed by atoms with E-state index in [0.717, 1.165) is 12.8 Å². The number of hydrogen-bond donors (Lipinski definition) is 1. The van der Waals surface area contributed by atoms with E-state index in [2.05, 4.69) is 0 Å². The smallest absolute Gasteiger partial charge is 0.417 e. The minimum Gasteiger partial charge on any atom is -0.465 e. The summed E-state index contributed by atoms with van der Waals surface area (Å²) in [6.07, 6.45) is -3.77. The highest BCUT2D eigenvalue weighted by molar-refractivity contribution is 5.75. The van der Waals surface area contributed by atoms with E-state index in [9.17, 15) is 23.1 Å². The normalized spacial score (nSPS) is 21.5. The van der Waals surface area contributed by atoms with Gasteiger partial charge in [0, 0.05) is 13.1 Å². The molecule has 1 atom stereocenters. The summed E-state index contributed by atoms with van der Waals surface area (Å²) in [5.41, 5.74) is -2.63. The first-order valence-corrected chi connectivity index (χ1v) is 6.91. The van der Waals surface area contributed by atoms with E-state index in [1.807, 2.05) is 6.92 Å². The van der Waals surface area contributed by atoms with E-state index in [4.69, 9.17) is 4.74 Å². The fourth-order valence-electron chi connectivity index (χ4n) is 2.15. The Morgan fingerprint density at radius 2 is 1.95 bits per heavy atom. The van der Waals surface area contributed by atoms with Crippen molar-refractivity contribution < 1.29 is 27.8 Å². The van der Waals surface area contributed by atoms with Gasteiger partial charge < -0.3 is 9.84 Å². The van der Waals surface area contributed by atoms with Crippen LogP contribution in [0.5, 0.6) is 0 Å². The van der Waals surface area contributed by atoms with Gasteiger partial charge in [0.2, 0.25) is 0 Å². The SMILES string of the molecule is CCCCOC(=O)C(C)N1CCC(O)(C(F)(F)F)CC1. The van der Waals surface area contributed by atoms with Gasteiger partial charge in [0.05, 0.1) is 6.61 Å². The van der Waals surface area contributed by atoms with E-state index >= 15 is 0 Å². The van der Waals surface area contributed by atoms with Crippen LogP contribution in [0.3, 0.4) is 0 Å². The third-order valence-electron chi connectivity index (χ3n) is 3.78. The Morgan fingerprint density at radius 1 is 1.40 bits per heavy atom. The largest absolute Gasteiger partial charge is 0.465 e. The van der Waals surface area contributed by atoms with Crippen LogP contribution >= 0.6 is 0 Å². The first-order valence-electron chi connectivity index (χ1n) is 6.91. The molecule has 0 bridgehead atoms. The van der Waals surface area contributed by atoms with Gasteiger partial charge in [0.25, 0.3) is 0 Å².